The number of hydrogen-bond acceptors (Lipinski definition) is 3. The molecule has 5 heteroatoms. The molecule has 1 fully saturated rings. The van der Waals surface area contributed by atoms with Crippen LogP contribution in [0.5, 0.6) is 0 Å². The normalized spacial score (nSPS) is 24.0. The van der Waals surface area contributed by atoms with Gasteiger partial charge < -0.3 is 15.2 Å². The third-order valence-corrected chi connectivity index (χ3v) is 6.18. The zero-order valence-corrected chi connectivity index (χ0v) is 15.2. The summed E-state index contributed by atoms with van der Waals surface area (Å²) in [7, 11) is 0. The topological polar surface area (TPSA) is 66.6 Å². The SMILES string of the molecule is CC(C)CN1Cc2c(c(S(=O)O)cc3c2CCC3N)C=C1C1CC1. The van der Waals surface area contributed by atoms with Crippen LogP contribution in [0.2, 0.25) is 0 Å². The van der Waals surface area contributed by atoms with Crippen molar-refractivity contribution in [3.8, 4) is 0 Å². The van der Waals surface area contributed by atoms with Crippen molar-refractivity contribution in [3.05, 3.63) is 34.0 Å². The second-order valence-corrected chi connectivity index (χ2v) is 8.79. The van der Waals surface area contributed by atoms with Gasteiger partial charge in [0, 0.05) is 24.8 Å². The summed E-state index contributed by atoms with van der Waals surface area (Å²) >= 11 is -1.97. The largest absolute Gasteiger partial charge is 0.370 e. The maximum absolute atomic E-state index is 12.0. The van der Waals surface area contributed by atoms with E-state index in [0.29, 0.717) is 16.7 Å². The van der Waals surface area contributed by atoms with E-state index in [1.807, 2.05) is 6.07 Å². The molecule has 4 nitrogen and oxygen atoms in total. The zero-order chi connectivity index (χ0) is 17.0. The summed E-state index contributed by atoms with van der Waals surface area (Å²) in [4.78, 5) is 3.04. The molecule has 0 amide bonds. The van der Waals surface area contributed by atoms with E-state index >= 15 is 0 Å². The minimum atomic E-state index is -1.97. The molecule has 1 aromatic rings. The summed E-state index contributed by atoms with van der Waals surface area (Å²) in [6.07, 6.45) is 6.60. The number of benzene rings is 1. The maximum Gasteiger partial charge on any atom is 0.187 e. The molecule has 130 valence electrons. The summed E-state index contributed by atoms with van der Waals surface area (Å²) in [6, 6.07) is 1.89. The van der Waals surface area contributed by atoms with Crippen LogP contribution >= 0.6 is 0 Å². The predicted molar refractivity (Wildman–Crippen MR) is 96.7 cm³/mol. The number of hydrogen-bond donors (Lipinski definition) is 2. The van der Waals surface area contributed by atoms with Gasteiger partial charge >= 0.3 is 0 Å². The van der Waals surface area contributed by atoms with Gasteiger partial charge in [-0.2, -0.15) is 0 Å². The minimum Gasteiger partial charge on any atom is -0.370 e. The van der Waals surface area contributed by atoms with Crippen molar-refractivity contribution >= 4 is 17.2 Å². The van der Waals surface area contributed by atoms with Gasteiger partial charge in [-0.05, 0) is 71.9 Å². The molecule has 0 radical (unpaired) electrons. The van der Waals surface area contributed by atoms with Gasteiger partial charge in [0.1, 0.15) is 0 Å². The van der Waals surface area contributed by atoms with E-state index in [-0.39, 0.29) is 6.04 Å². The molecule has 0 spiro atoms. The number of rotatable bonds is 4. The van der Waals surface area contributed by atoms with Crippen molar-refractivity contribution < 1.29 is 8.76 Å². The molecule has 2 atom stereocenters. The number of nitrogens with zero attached hydrogens (tertiary/aromatic N) is 1. The molecular weight excluding hydrogens is 320 g/mol. The molecule has 1 aliphatic heterocycles. The molecule has 1 saturated carbocycles. The number of allylic oxidation sites excluding steroid dienone is 1. The highest BCUT2D eigenvalue weighted by molar-refractivity contribution is 7.79. The van der Waals surface area contributed by atoms with E-state index < -0.39 is 11.1 Å². The molecule has 3 aliphatic rings. The molecule has 1 heterocycles. The van der Waals surface area contributed by atoms with Crippen molar-refractivity contribution in [1.82, 2.24) is 4.90 Å². The van der Waals surface area contributed by atoms with Crippen LogP contribution in [0.3, 0.4) is 0 Å². The molecule has 1 aromatic carbocycles. The van der Waals surface area contributed by atoms with Crippen molar-refractivity contribution in [2.45, 2.75) is 57.0 Å². The van der Waals surface area contributed by atoms with Crippen molar-refractivity contribution in [1.29, 1.82) is 0 Å². The van der Waals surface area contributed by atoms with Gasteiger partial charge in [0.25, 0.3) is 0 Å². The lowest BCUT2D eigenvalue weighted by molar-refractivity contribution is 0.281. The Morgan fingerprint density at radius 2 is 2.08 bits per heavy atom. The summed E-state index contributed by atoms with van der Waals surface area (Å²) < 4.78 is 21.8. The van der Waals surface area contributed by atoms with Gasteiger partial charge in [-0.1, -0.05) is 13.8 Å². The van der Waals surface area contributed by atoms with Crippen LogP contribution in [0.1, 0.15) is 61.4 Å². The van der Waals surface area contributed by atoms with Crippen LogP contribution in [0, 0.1) is 11.8 Å². The molecular formula is C19H26N2O2S. The van der Waals surface area contributed by atoms with E-state index in [2.05, 4.69) is 24.8 Å². The Kier molecular flexibility index (Phi) is 4.06. The van der Waals surface area contributed by atoms with Gasteiger partial charge in [0.05, 0.1) is 4.90 Å². The van der Waals surface area contributed by atoms with E-state index in [1.165, 1.54) is 29.7 Å². The van der Waals surface area contributed by atoms with E-state index in [0.717, 1.165) is 37.1 Å². The smallest absolute Gasteiger partial charge is 0.187 e. The Bertz CT molecular complexity index is 737. The number of nitrogens with two attached hydrogens (primary N) is 1. The second-order valence-electron chi connectivity index (χ2n) is 7.85. The fourth-order valence-corrected chi connectivity index (χ4v) is 4.84. The van der Waals surface area contributed by atoms with Crippen LogP contribution in [0.25, 0.3) is 6.08 Å². The van der Waals surface area contributed by atoms with Gasteiger partial charge in [0.15, 0.2) is 11.1 Å². The number of fused-ring (bicyclic) bond motifs is 3. The first-order valence-corrected chi connectivity index (χ1v) is 10.1. The summed E-state index contributed by atoms with van der Waals surface area (Å²) in [5.41, 5.74) is 12.2. The first-order chi connectivity index (χ1) is 11.5. The fraction of sp³-hybridized carbons (Fsp3) is 0.579. The van der Waals surface area contributed by atoms with Gasteiger partial charge in [-0.15, -0.1) is 0 Å². The van der Waals surface area contributed by atoms with Crippen LogP contribution < -0.4 is 5.73 Å². The average Bonchev–Trinajstić information content (AvgIpc) is 3.29. The molecule has 0 saturated heterocycles. The van der Waals surface area contributed by atoms with Gasteiger partial charge in [0.2, 0.25) is 0 Å². The third kappa shape index (κ3) is 2.72. The van der Waals surface area contributed by atoms with E-state index in [1.54, 1.807) is 0 Å². The zero-order valence-electron chi connectivity index (χ0n) is 14.4. The first kappa shape index (κ1) is 16.3. The van der Waals surface area contributed by atoms with Crippen LogP contribution in [0.4, 0.5) is 0 Å². The highest BCUT2D eigenvalue weighted by Crippen LogP contribution is 2.46. The predicted octanol–water partition coefficient (Wildman–Crippen LogP) is 3.44. The summed E-state index contributed by atoms with van der Waals surface area (Å²) in [6.45, 7) is 6.39. The van der Waals surface area contributed by atoms with Gasteiger partial charge in [-0.25, -0.2) is 4.21 Å². The van der Waals surface area contributed by atoms with Crippen LogP contribution in [0.15, 0.2) is 16.7 Å². The van der Waals surface area contributed by atoms with Crippen molar-refractivity contribution in [2.24, 2.45) is 17.6 Å². The summed E-state index contributed by atoms with van der Waals surface area (Å²) in [5, 5.41) is 0. The Hall–Kier alpha value is -1.17. The molecule has 4 rings (SSSR count). The highest BCUT2D eigenvalue weighted by atomic mass is 32.2. The highest BCUT2D eigenvalue weighted by Gasteiger charge is 2.35. The van der Waals surface area contributed by atoms with Crippen LogP contribution in [-0.2, 0) is 24.0 Å². The Balaban J connectivity index is 1.87. The molecule has 3 N–H and O–H groups in total. The summed E-state index contributed by atoms with van der Waals surface area (Å²) in [5.74, 6) is 1.23. The molecule has 2 aliphatic carbocycles. The Morgan fingerprint density at radius 1 is 1.33 bits per heavy atom. The first-order valence-electron chi connectivity index (χ1n) is 8.97. The standard InChI is InChI=1S/C19H26N2O2S/c1-11(2)9-21-10-16-13-5-6-17(20)14(13)8-19(24(22)23)15(16)7-18(21)12-3-4-12/h7-8,11-12,17H,3-6,9-10,20H2,1-2H3,(H,22,23). The lowest BCUT2D eigenvalue weighted by Gasteiger charge is -2.35. The monoisotopic (exact) mass is 346 g/mol. The Labute approximate surface area is 146 Å². The van der Waals surface area contributed by atoms with Crippen LogP contribution in [-0.4, -0.2) is 20.2 Å². The second kappa shape index (κ2) is 5.97. The van der Waals surface area contributed by atoms with E-state index in [4.69, 9.17) is 5.73 Å². The fourth-order valence-electron chi connectivity index (χ4n) is 4.24. The van der Waals surface area contributed by atoms with Gasteiger partial charge in [-0.3, -0.25) is 0 Å². The quantitative estimate of drug-likeness (QED) is 0.820. The molecule has 2 unspecified atom stereocenters. The molecule has 24 heavy (non-hydrogen) atoms. The third-order valence-electron chi connectivity index (χ3n) is 5.47. The molecule has 0 bridgehead atoms. The molecule has 0 aromatic heterocycles. The van der Waals surface area contributed by atoms with Crippen molar-refractivity contribution in [3.63, 3.8) is 0 Å². The van der Waals surface area contributed by atoms with E-state index in [9.17, 15) is 8.76 Å². The lowest BCUT2D eigenvalue weighted by Crippen LogP contribution is -2.31. The lowest BCUT2D eigenvalue weighted by atomic mass is 9.91. The Morgan fingerprint density at radius 3 is 2.71 bits per heavy atom. The average molecular weight is 346 g/mol. The maximum atomic E-state index is 12.0. The minimum absolute atomic E-state index is 0.0000395. The van der Waals surface area contributed by atoms with Crippen molar-refractivity contribution in [2.75, 3.05) is 6.54 Å².